The molecule has 1 amide bonds. The second-order valence-corrected chi connectivity index (χ2v) is 5.58. The first-order chi connectivity index (χ1) is 10.7. The van der Waals surface area contributed by atoms with Crippen LogP contribution in [0.1, 0.15) is 25.7 Å². The van der Waals surface area contributed by atoms with E-state index >= 15 is 0 Å². The van der Waals surface area contributed by atoms with Gasteiger partial charge in [0.2, 0.25) is 0 Å². The Morgan fingerprint density at radius 1 is 1.18 bits per heavy atom. The molecule has 5 heteroatoms. The van der Waals surface area contributed by atoms with Crippen molar-refractivity contribution in [2.24, 2.45) is 11.8 Å². The summed E-state index contributed by atoms with van der Waals surface area (Å²) in [5, 5.41) is 2.86. The fourth-order valence-corrected chi connectivity index (χ4v) is 2.88. The van der Waals surface area contributed by atoms with Gasteiger partial charge in [0.05, 0.1) is 13.0 Å². The van der Waals surface area contributed by atoms with Crippen LogP contribution in [0.25, 0.3) is 0 Å². The minimum absolute atomic E-state index is 0.0143. The second-order valence-electron chi connectivity index (χ2n) is 5.58. The van der Waals surface area contributed by atoms with Gasteiger partial charge in [-0.05, 0) is 30.9 Å². The van der Waals surface area contributed by atoms with Gasteiger partial charge in [-0.15, -0.1) is 0 Å². The topological polar surface area (TPSA) is 64.6 Å². The molecule has 2 atom stereocenters. The number of esters is 1. The van der Waals surface area contributed by atoms with Crippen molar-refractivity contribution in [3.8, 4) is 5.75 Å². The van der Waals surface area contributed by atoms with Crippen molar-refractivity contribution in [3.63, 3.8) is 0 Å². The van der Waals surface area contributed by atoms with E-state index in [0.29, 0.717) is 12.3 Å². The Labute approximate surface area is 131 Å². The van der Waals surface area contributed by atoms with E-state index in [1.54, 1.807) is 0 Å². The van der Waals surface area contributed by atoms with Crippen LogP contribution in [0, 0.1) is 11.8 Å². The van der Waals surface area contributed by atoms with Gasteiger partial charge in [0, 0.05) is 6.54 Å². The zero-order chi connectivity index (χ0) is 15.8. The van der Waals surface area contributed by atoms with Crippen molar-refractivity contribution in [3.05, 3.63) is 30.3 Å². The molecular formula is C17H23NO4. The quantitative estimate of drug-likeness (QED) is 0.818. The Hall–Kier alpha value is -2.04. The van der Waals surface area contributed by atoms with Crippen LogP contribution >= 0.6 is 0 Å². The van der Waals surface area contributed by atoms with Crippen LogP contribution in [-0.4, -0.2) is 32.1 Å². The Morgan fingerprint density at radius 2 is 1.91 bits per heavy atom. The molecule has 0 heterocycles. The average molecular weight is 305 g/mol. The van der Waals surface area contributed by atoms with Crippen LogP contribution in [-0.2, 0) is 14.3 Å². The van der Waals surface area contributed by atoms with Crippen LogP contribution < -0.4 is 10.1 Å². The first kappa shape index (κ1) is 16.3. The molecule has 2 unspecified atom stereocenters. The molecule has 120 valence electrons. The molecule has 0 spiro atoms. The van der Waals surface area contributed by atoms with E-state index in [2.05, 4.69) is 5.32 Å². The minimum Gasteiger partial charge on any atom is -0.484 e. The van der Waals surface area contributed by atoms with E-state index in [1.165, 1.54) is 7.11 Å². The standard InChI is InChI=1S/C17H23NO4/c1-21-17(20)15-10-6-5-7-13(15)11-18-16(19)12-22-14-8-3-2-4-9-14/h2-4,8-9,13,15H,5-7,10-12H2,1H3,(H,18,19). The van der Waals surface area contributed by atoms with Gasteiger partial charge in [0.15, 0.2) is 6.61 Å². The van der Waals surface area contributed by atoms with E-state index < -0.39 is 0 Å². The summed E-state index contributed by atoms with van der Waals surface area (Å²) < 4.78 is 10.3. The highest BCUT2D eigenvalue weighted by Gasteiger charge is 2.31. The Kier molecular flexibility index (Phi) is 6.25. The summed E-state index contributed by atoms with van der Waals surface area (Å²) in [5.74, 6) is 0.385. The number of hydrogen-bond acceptors (Lipinski definition) is 4. The number of nitrogens with one attached hydrogen (secondary N) is 1. The van der Waals surface area contributed by atoms with E-state index in [4.69, 9.17) is 9.47 Å². The molecule has 1 N–H and O–H groups in total. The smallest absolute Gasteiger partial charge is 0.309 e. The van der Waals surface area contributed by atoms with Crippen LogP contribution in [0.15, 0.2) is 30.3 Å². The van der Waals surface area contributed by atoms with E-state index in [9.17, 15) is 9.59 Å². The lowest BCUT2D eigenvalue weighted by Gasteiger charge is -2.29. The van der Waals surface area contributed by atoms with E-state index in [1.807, 2.05) is 30.3 Å². The summed E-state index contributed by atoms with van der Waals surface area (Å²) in [6, 6.07) is 9.22. The summed E-state index contributed by atoms with van der Waals surface area (Å²) in [4.78, 5) is 23.6. The monoisotopic (exact) mass is 305 g/mol. The number of carbonyl (C=O) groups excluding carboxylic acids is 2. The predicted molar refractivity (Wildman–Crippen MR) is 82.4 cm³/mol. The molecule has 1 aromatic rings. The normalized spacial score (nSPS) is 21.0. The zero-order valence-electron chi connectivity index (χ0n) is 12.9. The maximum atomic E-state index is 11.9. The van der Waals surface area contributed by atoms with Crippen LogP contribution in [0.2, 0.25) is 0 Å². The van der Waals surface area contributed by atoms with Gasteiger partial charge in [-0.25, -0.2) is 0 Å². The molecule has 1 aromatic carbocycles. The Morgan fingerprint density at radius 3 is 2.64 bits per heavy atom. The molecule has 5 nitrogen and oxygen atoms in total. The molecule has 2 rings (SSSR count). The molecular weight excluding hydrogens is 282 g/mol. The molecule has 0 saturated heterocycles. The van der Waals surface area contributed by atoms with E-state index in [0.717, 1.165) is 25.7 Å². The van der Waals surface area contributed by atoms with Crippen LogP contribution in [0.5, 0.6) is 5.75 Å². The van der Waals surface area contributed by atoms with Crippen molar-refractivity contribution in [1.29, 1.82) is 0 Å². The van der Waals surface area contributed by atoms with Crippen molar-refractivity contribution in [2.45, 2.75) is 25.7 Å². The molecule has 0 aliphatic heterocycles. The number of hydrogen-bond donors (Lipinski definition) is 1. The summed E-state index contributed by atoms with van der Waals surface area (Å²) in [7, 11) is 1.42. The number of para-hydroxylation sites is 1. The SMILES string of the molecule is COC(=O)C1CCCCC1CNC(=O)COc1ccccc1. The lowest BCUT2D eigenvalue weighted by atomic mass is 9.79. The van der Waals surface area contributed by atoms with Gasteiger partial charge in [-0.3, -0.25) is 9.59 Å². The highest BCUT2D eigenvalue weighted by Crippen LogP contribution is 2.30. The molecule has 1 fully saturated rings. The lowest BCUT2D eigenvalue weighted by molar-refractivity contribution is -0.148. The third-order valence-electron chi connectivity index (χ3n) is 4.09. The minimum atomic E-state index is -0.168. The largest absolute Gasteiger partial charge is 0.484 e. The van der Waals surface area contributed by atoms with Crippen molar-refractivity contribution < 1.29 is 19.1 Å². The van der Waals surface area contributed by atoms with Gasteiger partial charge in [0.1, 0.15) is 5.75 Å². The molecule has 1 aliphatic rings. The first-order valence-electron chi connectivity index (χ1n) is 7.73. The number of ether oxygens (including phenoxy) is 2. The highest BCUT2D eigenvalue weighted by atomic mass is 16.5. The van der Waals surface area contributed by atoms with Crippen molar-refractivity contribution in [1.82, 2.24) is 5.32 Å². The fourth-order valence-electron chi connectivity index (χ4n) is 2.88. The van der Waals surface area contributed by atoms with Gasteiger partial charge in [-0.1, -0.05) is 31.0 Å². The van der Waals surface area contributed by atoms with Crippen LogP contribution in [0.4, 0.5) is 0 Å². The molecule has 22 heavy (non-hydrogen) atoms. The summed E-state index contributed by atoms with van der Waals surface area (Å²) >= 11 is 0. The predicted octanol–water partition coefficient (Wildman–Crippen LogP) is 2.16. The number of methoxy groups -OCH3 is 1. The highest BCUT2D eigenvalue weighted by molar-refractivity contribution is 5.77. The molecule has 0 radical (unpaired) electrons. The van der Waals surface area contributed by atoms with Gasteiger partial charge in [0.25, 0.3) is 5.91 Å². The lowest BCUT2D eigenvalue weighted by Crippen LogP contribution is -2.39. The molecule has 0 aromatic heterocycles. The van der Waals surface area contributed by atoms with Gasteiger partial charge in [-0.2, -0.15) is 0 Å². The maximum Gasteiger partial charge on any atom is 0.309 e. The summed E-state index contributed by atoms with van der Waals surface area (Å²) in [6.07, 6.45) is 3.92. The van der Waals surface area contributed by atoms with Gasteiger partial charge >= 0.3 is 5.97 Å². The first-order valence-corrected chi connectivity index (χ1v) is 7.73. The number of benzene rings is 1. The zero-order valence-corrected chi connectivity index (χ0v) is 12.9. The molecule has 0 bridgehead atoms. The third-order valence-corrected chi connectivity index (χ3v) is 4.09. The fraction of sp³-hybridized carbons (Fsp3) is 0.529. The van der Waals surface area contributed by atoms with E-state index in [-0.39, 0.29) is 30.3 Å². The third kappa shape index (κ3) is 4.76. The molecule has 1 aliphatic carbocycles. The number of amides is 1. The Balaban J connectivity index is 1.75. The second kappa shape index (κ2) is 8.41. The van der Waals surface area contributed by atoms with Crippen molar-refractivity contribution in [2.75, 3.05) is 20.3 Å². The van der Waals surface area contributed by atoms with Crippen molar-refractivity contribution >= 4 is 11.9 Å². The van der Waals surface area contributed by atoms with Gasteiger partial charge < -0.3 is 14.8 Å². The molecule has 1 saturated carbocycles. The maximum absolute atomic E-state index is 11.9. The summed E-state index contributed by atoms with van der Waals surface area (Å²) in [6.45, 7) is 0.483. The number of carbonyl (C=O) groups is 2. The number of rotatable bonds is 6. The summed E-state index contributed by atoms with van der Waals surface area (Å²) in [5.41, 5.74) is 0. The Bertz CT molecular complexity index is 489. The average Bonchev–Trinajstić information content (AvgIpc) is 2.58. The van der Waals surface area contributed by atoms with Crippen LogP contribution in [0.3, 0.4) is 0 Å².